The first-order chi connectivity index (χ1) is 11.9. The van der Waals surface area contributed by atoms with Crippen molar-refractivity contribution >= 4 is 23.5 Å². The quantitative estimate of drug-likeness (QED) is 0.593. The van der Waals surface area contributed by atoms with E-state index in [2.05, 4.69) is 9.98 Å². The van der Waals surface area contributed by atoms with Crippen molar-refractivity contribution < 1.29 is 22.6 Å². The predicted octanol–water partition coefficient (Wildman–Crippen LogP) is 3.80. The maximum Gasteiger partial charge on any atom is 0.433 e. The molecule has 1 unspecified atom stereocenters. The van der Waals surface area contributed by atoms with Crippen molar-refractivity contribution in [2.45, 2.75) is 24.6 Å². The molecule has 0 radical (unpaired) electrons. The average Bonchev–Trinajstić information content (AvgIpc) is 2.60. The molecule has 25 heavy (non-hydrogen) atoms. The number of halogens is 4. The van der Waals surface area contributed by atoms with Gasteiger partial charge in [-0.25, -0.2) is 0 Å². The molecule has 0 amide bonds. The zero-order valence-corrected chi connectivity index (χ0v) is 14.0. The van der Waals surface area contributed by atoms with Crippen molar-refractivity contribution in [2.75, 3.05) is 24.7 Å². The standard InChI is InChI=1S/C16H17ClF3N3O2/c17-15-22-6-2-14(25-10-11-3-7-24-8-4-11)23(15)12-1-5-21-13(9-12)16(18,19)20/h1-2,5-6,9,11,15H,3-4,7-8,10H2. The first-order valence-corrected chi connectivity index (χ1v) is 8.29. The van der Waals surface area contributed by atoms with Crippen molar-refractivity contribution in [3.05, 3.63) is 36.0 Å². The van der Waals surface area contributed by atoms with Gasteiger partial charge >= 0.3 is 6.18 Å². The van der Waals surface area contributed by atoms with E-state index in [-0.39, 0.29) is 5.69 Å². The summed E-state index contributed by atoms with van der Waals surface area (Å²) in [4.78, 5) is 8.79. The van der Waals surface area contributed by atoms with Crippen LogP contribution in [0.25, 0.3) is 0 Å². The van der Waals surface area contributed by atoms with Crippen LogP contribution < -0.4 is 4.90 Å². The number of rotatable bonds is 4. The molecule has 1 aromatic heterocycles. The van der Waals surface area contributed by atoms with Gasteiger partial charge in [-0.05, 0) is 30.9 Å². The molecule has 0 N–H and O–H groups in total. The highest BCUT2D eigenvalue weighted by atomic mass is 35.5. The molecule has 1 aromatic rings. The van der Waals surface area contributed by atoms with Crippen LogP contribution in [0.3, 0.4) is 0 Å². The normalized spacial score (nSPS) is 22.0. The molecule has 2 aliphatic heterocycles. The Morgan fingerprint density at radius 2 is 2.08 bits per heavy atom. The summed E-state index contributed by atoms with van der Waals surface area (Å²) in [7, 11) is 0. The van der Waals surface area contributed by atoms with Gasteiger partial charge in [0, 0.05) is 31.7 Å². The monoisotopic (exact) mass is 375 g/mol. The van der Waals surface area contributed by atoms with Crippen LogP contribution in [0.15, 0.2) is 35.3 Å². The lowest BCUT2D eigenvalue weighted by molar-refractivity contribution is -0.141. The Kier molecular flexibility index (Phi) is 5.48. The molecule has 0 aliphatic carbocycles. The van der Waals surface area contributed by atoms with Gasteiger partial charge in [0.05, 0.1) is 12.3 Å². The van der Waals surface area contributed by atoms with Gasteiger partial charge in [-0.3, -0.25) is 14.9 Å². The summed E-state index contributed by atoms with van der Waals surface area (Å²) in [6.45, 7) is 1.83. The third-order valence-electron chi connectivity index (χ3n) is 4.00. The molecule has 1 atom stereocenters. The first kappa shape index (κ1) is 18.0. The van der Waals surface area contributed by atoms with Crippen LogP contribution in [0.5, 0.6) is 0 Å². The van der Waals surface area contributed by atoms with Gasteiger partial charge in [-0.1, -0.05) is 11.6 Å². The highest BCUT2D eigenvalue weighted by Crippen LogP contribution is 2.33. The molecule has 1 saturated heterocycles. The fourth-order valence-corrected chi connectivity index (χ4v) is 2.91. The van der Waals surface area contributed by atoms with Crippen LogP contribution in [-0.4, -0.2) is 36.6 Å². The van der Waals surface area contributed by atoms with E-state index in [1.165, 1.54) is 17.2 Å². The Hall–Kier alpha value is -1.80. The molecule has 0 spiro atoms. The Balaban J connectivity index is 1.77. The first-order valence-electron chi connectivity index (χ1n) is 7.86. The fraction of sp³-hybridized carbons (Fsp3) is 0.500. The second kappa shape index (κ2) is 7.61. The van der Waals surface area contributed by atoms with Crippen LogP contribution in [-0.2, 0) is 15.7 Å². The molecule has 0 aromatic carbocycles. The van der Waals surface area contributed by atoms with Crippen LogP contribution in [0, 0.1) is 5.92 Å². The summed E-state index contributed by atoms with van der Waals surface area (Å²) >= 11 is 6.19. The van der Waals surface area contributed by atoms with Crippen LogP contribution in [0.1, 0.15) is 18.5 Å². The number of aliphatic imine (C=N–C) groups is 1. The number of alkyl halides is 4. The zero-order chi connectivity index (χ0) is 17.9. The maximum absolute atomic E-state index is 12.9. The summed E-state index contributed by atoms with van der Waals surface area (Å²) in [6.07, 6.45) is 1.41. The van der Waals surface area contributed by atoms with E-state index in [0.717, 1.165) is 25.1 Å². The maximum atomic E-state index is 12.9. The van der Waals surface area contributed by atoms with E-state index < -0.39 is 17.5 Å². The van der Waals surface area contributed by atoms with E-state index in [0.29, 0.717) is 31.6 Å². The minimum absolute atomic E-state index is 0.220. The van der Waals surface area contributed by atoms with Gasteiger partial charge in [0.2, 0.25) is 5.62 Å². The average molecular weight is 376 g/mol. The van der Waals surface area contributed by atoms with E-state index in [1.54, 1.807) is 6.08 Å². The van der Waals surface area contributed by atoms with Gasteiger partial charge in [-0.15, -0.1) is 0 Å². The highest BCUT2D eigenvalue weighted by Gasteiger charge is 2.34. The number of aromatic nitrogens is 1. The molecular formula is C16H17ClF3N3O2. The summed E-state index contributed by atoms with van der Waals surface area (Å²) in [6, 6.07) is 2.37. The summed E-state index contributed by atoms with van der Waals surface area (Å²) in [5, 5.41) is 0. The molecule has 3 rings (SSSR count). The highest BCUT2D eigenvalue weighted by molar-refractivity contribution is 6.22. The molecule has 1 fully saturated rings. The Morgan fingerprint density at radius 3 is 2.80 bits per heavy atom. The van der Waals surface area contributed by atoms with Crippen LogP contribution in [0.2, 0.25) is 0 Å². The zero-order valence-electron chi connectivity index (χ0n) is 13.2. The van der Waals surface area contributed by atoms with Gasteiger partial charge in [0.15, 0.2) is 5.88 Å². The number of nitrogens with zero attached hydrogens (tertiary/aromatic N) is 3. The third-order valence-corrected chi connectivity index (χ3v) is 4.30. The van der Waals surface area contributed by atoms with Crippen molar-refractivity contribution in [1.29, 1.82) is 0 Å². The minimum Gasteiger partial charge on any atom is -0.478 e. The second-order valence-electron chi connectivity index (χ2n) is 5.75. The topological polar surface area (TPSA) is 47.0 Å². The smallest absolute Gasteiger partial charge is 0.433 e. The molecule has 5 nitrogen and oxygen atoms in total. The Bertz CT molecular complexity index is 660. The lowest BCUT2D eigenvalue weighted by atomic mass is 10.0. The fourth-order valence-electron chi connectivity index (χ4n) is 2.64. The Morgan fingerprint density at radius 1 is 1.32 bits per heavy atom. The van der Waals surface area contributed by atoms with Crippen molar-refractivity contribution in [3.63, 3.8) is 0 Å². The van der Waals surface area contributed by atoms with E-state index in [9.17, 15) is 13.2 Å². The molecular weight excluding hydrogens is 359 g/mol. The van der Waals surface area contributed by atoms with Crippen molar-refractivity contribution in [2.24, 2.45) is 10.9 Å². The molecule has 9 heteroatoms. The summed E-state index contributed by atoms with van der Waals surface area (Å²) < 4.78 is 49.9. The predicted molar refractivity (Wildman–Crippen MR) is 87.4 cm³/mol. The van der Waals surface area contributed by atoms with Gasteiger partial charge in [0.1, 0.15) is 5.69 Å². The molecule has 3 heterocycles. The van der Waals surface area contributed by atoms with E-state index in [4.69, 9.17) is 21.1 Å². The number of anilines is 1. The van der Waals surface area contributed by atoms with Crippen molar-refractivity contribution in [1.82, 2.24) is 4.98 Å². The Labute approximate surface area is 148 Å². The number of allylic oxidation sites excluding steroid dienone is 1. The minimum atomic E-state index is -4.54. The van der Waals surface area contributed by atoms with Gasteiger partial charge in [-0.2, -0.15) is 13.2 Å². The van der Waals surface area contributed by atoms with Gasteiger partial charge in [0.25, 0.3) is 0 Å². The second-order valence-corrected chi connectivity index (χ2v) is 6.14. The number of hydrogen-bond acceptors (Lipinski definition) is 5. The molecule has 0 bridgehead atoms. The van der Waals surface area contributed by atoms with E-state index in [1.807, 2.05) is 0 Å². The molecule has 2 aliphatic rings. The largest absolute Gasteiger partial charge is 0.478 e. The molecule has 136 valence electrons. The van der Waals surface area contributed by atoms with Crippen LogP contribution in [0.4, 0.5) is 18.9 Å². The van der Waals surface area contributed by atoms with Crippen LogP contribution >= 0.6 is 11.6 Å². The lowest BCUT2D eigenvalue weighted by Gasteiger charge is -2.32. The van der Waals surface area contributed by atoms with E-state index >= 15 is 0 Å². The summed E-state index contributed by atoms with van der Waals surface area (Å²) in [5.74, 6) is 0.702. The van der Waals surface area contributed by atoms with Gasteiger partial charge < -0.3 is 9.47 Å². The number of hydrogen-bond donors (Lipinski definition) is 0. The number of ether oxygens (including phenoxy) is 2. The number of pyridine rings is 1. The van der Waals surface area contributed by atoms with Crippen molar-refractivity contribution in [3.8, 4) is 0 Å². The third kappa shape index (κ3) is 4.43. The molecule has 0 saturated carbocycles. The SMILES string of the molecule is FC(F)(F)c1cc(N2C(OCC3CCOCC3)=CC=NC2Cl)ccn1. The lowest BCUT2D eigenvalue weighted by Crippen LogP contribution is -2.34. The summed E-state index contributed by atoms with van der Waals surface area (Å²) in [5.41, 5.74) is -1.66.